The predicted octanol–water partition coefficient (Wildman–Crippen LogP) is 12.0. The van der Waals surface area contributed by atoms with E-state index >= 15 is 0 Å². The standard InChI is InChI=1S/C32H26O4.C10H11BrO.CH4/c1-2-26-30(22-12-5-3-6-13-22)31(23-14-7-4-8-15-23)36-32(26)28-19-10-9-18-27(28)24-16-11-17-25(20-24)35-21-29(33)34;1-2-5-10(12)8-6-3-4-7-9(8)11;/h3-20H,2,21H2,1H3,(H,33,34);3-4,6-7H,2,5H2,1H3;1H4. The maximum Gasteiger partial charge on any atom is 0.341 e. The lowest BCUT2D eigenvalue weighted by molar-refractivity contribution is -0.139. The molecule has 0 amide bonds. The summed E-state index contributed by atoms with van der Waals surface area (Å²) in [5.74, 6) is 1.40. The Morgan fingerprint density at radius 3 is 1.92 bits per heavy atom. The number of carboxylic acid groups (broad SMARTS) is 1. The molecule has 5 nitrogen and oxygen atoms in total. The van der Waals surface area contributed by atoms with Crippen LogP contribution in [0.4, 0.5) is 0 Å². The molecule has 0 atom stereocenters. The monoisotopic (exact) mass is 716 g/mol. The van der Waals surface area contributed by atoms with Crippen LogP contribution in [0.5, 0.6) is 5.75 Å². The van der Waals surface area contributed by atoms with Crippen LogP contribution in [-0.2, 0) is 11.2 Å². The molecule has 0 bridgehead atoms. The maximum absolute atomic E-state index is 11.4. The molecule has 0 unspecified atom stereocenters. The van der Waals surface area contributed by atoms with E-state index in [-0.39, 0.29) is 19.8 Å². The number of furan rings is 1. The lowest BCUT2D eigenvalue weighted by atomic mass is 9.91. The van der Waals surface area contributed by atoms with Gasteiger partial charge < -0.3 is 14.3 Å². The van der Waals surface area contributed by atoms with Crippen molar-refractivity contribution in [3.8, 4) is 50.7 Å². The van der Waals surface area contributed by atoms with Crippen LogP contribution in [-0.4, -0.2) is 23.5 Å². The normalized spacial score (nSPS) is 10.3. The summed E-state index contributed by atoms with van der Waals surface area (Å²) in [6, 6.07) is 43.7. The van der Waals surface area contributed by atoms with Crippen LogP contribution in [0.1, 0.15) is 50.0 Å². The highest BCUT2D eigenvalue weighted by atomic mass is 79.9. The van der Waals surface area contributed by atoms with E-state index in [1.165, 1.54) is 0 Å². The van der Waals surface area contributed by atoms with Crippen LogP contribution in [0.25, 0.3) is 44.9 Å². The largest absolute Gasteiger partial charge is 0.482 e. The lowest BCUT2D eigenvalue weighted by Crippen LogP contribution is -2.09. The molecule has 1 aromatic heterocycles. The second-order valence-electron chi connectivity index (χ2n) is 11.1. The van der Waals surface area contributed by atoms with Gasteiger partial charge in [0.15, 0.2) is 12.4 Å². The minimum Gasteiger partial charge on any atom is -0.482 e. The second-order valence-corrected chi connectivity index (χ2v) is 12.0. The van der Waals surface area contributed by atoms with Crippen LogP contribution in [0.15, 0.2) is 142 Å². The molecule has 1 heterocycles. The van der Waals surface area contributed by atoms with Crippen molar-refractivity contribution in [1.82, 2.24) is 0 Å². The Morgan fingerprint density at radius 2 is 1.29 bits per heavy atom. The van der Waals surface area contributed by atoms with Crippen LogP contribution >= 0.6 is 15.9 Å². The van der Waals surface area contributed by atoms with Crippen molar-refractivity contribution >= 4 is 27.7 Å². The van der Waals surface area contributed by atoms with Crippen LogP contribution in [0, 0.1) is 0 Å². The number of hydrogen-bond donors (Lipinski definition) is 1. The molecule has 0 saturated carbocycles. The Balaban J connectivity index is 0.000000354. The van der Waals surface area contributed by atoms with Crippen molar-refractivity contribution in [2.75, 3.05) is 6.61 Å². The number of halogens is 1. The summed E-state index contributed by atoms with van der Waals surface area (Å²) in [4.78, 5) is 22.4. The number of hydrogen-bond acceptors (Lipinski definition) is 4. The first-order valence-electron chi connectivity index (χ1n) is 16.0. The number of aliphatic carboxylic acids is 1. The molecule has 0 fully saturated rings. The molecule has 6 rings (SSSR count). The Hall–Kier alpha value is -5.20. The molecule has 1 N–H and O–H groups in total. The van der Waals surface area contributed by atoms with E-state index in [0.717, 1.165) is 73.3 Å². The lowest BCUT2D eigenvalue weighted by Gasteiger charge is -2.11. The van der Waals surface area contributed by atoms with Crippen molar-refractivity contribution < 1.29 is 23.8 Å². The molecule has 250 valence electrons. The molecule has 0 spiro atoms. The summed E-state index contributed by atoms with van der Waals surface area (Å²) in [5, 5.41) is 8.99. The summed E-state index contributed by atoms with van der Waals surface area (Å²) in [6.45, 7) is 3.78. The minimum absolute atomic E-state index is 0. The Bertz CT molecular complexity index is 1980. The predicted molar refractivity (Wildman–Crippen MR) is 203 cm³/mol. The third kappa shape index (κ3) is 9.04. The van der Waals surface area contributed by atoms with Gasteiger partial charge in [0.25, 0.3) is 0 Å². The number of carbonyl (C=O) groups excluding carboxylic acids is 1. The Morgan fingerprint density at radius 1 is 0.694 bits per heavy atom. The Labute approximate surface area is 297 Å². The fourth-order valence-corrected chi connectivity index (χ4v) is 6.11. The third-order valence-electron chi connectivity index (χ3n) is 7.79. The second kappa shape index (κ2) is 17.8. The fourth-order valence-electron chi connectivity index (χ4n) is 5.60. The number of carboxylic acids is 1. The first-order valence-corrected chi connectivity index (χ1v) is 16.8. The van der Waals surface area contributed by atoms with Gasteiger partial charge >= 0.3 is 5.97 Å². The summed E-state index contributed by atoms with van der Waals surface area (Å²) in [6.07, 6.45) is 2.33. The number of Topliss-reactive ketones (excluding diaryl/α,β-unsaturated/α-hetero) is 1. The topological polar surface area (TPSA) is 76.7 Å². The quantitative estimate of drug-likeness (QED) is 0.135. The van der Waals surface area contributed by atoms with Gasteiger partial charge in [-0.2, -0.15) is 0 Å². The molecule has 0 aliphatic heterocycles. The highest BCUT2D eigenvalue weighted by Crippen LogP contribution is 2.45. The number of benzene rings is 5. The summed E-state index contributed by atoms with van der Waals surface area (Å²) in [7, 11) is 0. The molecule has 0 aliphatic rings. The van der Waals surface area contributed by atoms with Crippen molar-refractivity contribution in [2.45, 2.75) is 40.5 Å². The van der Waals surface area contributed by atoms with E-state index in [4.69, 9.17) is 14.3 Å². The molecule has 0 saturated heterocycles. The van der Waals surface area contributed by atoms with Gasteiger partial charge in [-0.25, -0.2) is 4.79 Å². The van der Waals surface area contributed by atoms with E-state index < -0.39 is 5.97 Å². The summed E-state index contributed by atoms with van der Waals surface area (Å²) < 4.78 is 13.1. The van der Waals surface area contributed by atoms with Crippen LogP contribution in [0.2, 0.25) is 0 Å². The van der Waals surface area contributed by atoms with Crippen molar-refractivity contribution in [1.29, 1.82) is 0 Å². The summed E-state index contributed by atoms with van der Waals surface area (Å²) in [5.41, 5.74) is 8.07. The van der Waals surface area contributed by atoms with E-state index in [0.29, 0.717) is 12.2 Å². The zero-order valence-electron chi connectivity index (χ0n) is 27.0. The molecule has 6 aromatic rings. The maximum atomic E-state index is 11.4. The average Bonchev–Trinajstić information content (AvgIpc) is 3.52. The SMILES string of the molecule is C.CCCC(=O)c1ccccc1Br.CCc1c(-c2ccccc2-c2cccc(OCC(=O)O)c2)oc(-c2ccccc2)c1-c1ccccc1. The van der Waals surface area contributed by atoms with Gasteiger partial charge in [0.1, 0.15) is 17.3 Å². The molecule has 5 aromatic carbocycles. The van der Waals surface area contributed by atoms with Gasteiger partial charge in [-0.15, -0.1) is 0 Å². The first kappa shape index (κ1) is 36.6. The zero-order valence-corrected chi connectivity index (χ0v) is 28.6. The van der Waals surface area contributed by atoms with Gasteiger partial charge in [0.05, 0.1) is 0 Å². The molecule has 6 heteroatoms. The van der Waals surface area contributed by atoms with Gasteiger partial charge in [-0.1, -0.05) is 152 Å². The van der Waals surface area contributed by atoms with E-state index in [2.05, 4.69) is 59.3 Å². The van der Waals surface area contributed by atoms with E-state index in [1.807, 2.05) is 97.9 Å². The number of ether oxygens (including phenoxy) is 1. The molecule has 0 aliphatic carbocycles. The van der Waals surface area contributed by atoms with Crippen molar-refractivity contribution in [3.05, 3.63) is 149 Å². The third-order valence-corrected chi connectivity index (χ3v) is 8.48. The Kier molecular flexibility index (Phi) is 13.3. The van der Waals surface area contributed by atoms with Gasteiger partial charge in [0.2, 0.25) is 0 Å². The molecule has 49 heavy (non-hydrogen) atoms. The molecular formula is C43H41BrO5. The van der Waals surface area contributed by atoms with Crippen LogP contribution < -0.4 is 4.74 Å². The number of ketones is 1. The van der Waals surface area contributed by atoms with Crippen LogP contribution in [0.3, 0.4) is 0 Å². The highest BCUT2D eigenvalue weighted by Gasteiger charge is 2.24. The highest BCUT2D eigenvalue weighted by molar-refractivity contribution is 9.10. The van der Waals surface area contributed by atoms with E-state index in [9.17, 15) is 9.59 Å². The van der Waals surface area contributed by atoms with Gasteiger partial charge in [0, 0.05) is 38.7 Å². The van der Waals surface area contributed by atoms with Gasteiger partial charge in [-0.3, -0.25) is 4.79 Å². The van der Waals surface area contributed by atoms with Crippen molar-refractivity contribution in [2.24, 2.45) is 0 Å². The van der Waals surface area contributed by atoms with Crippen molar-refractivity contribution in [3.63, 3.8) is 0 Å². The summed E-state index contributed by atoms with van der Waals surface area (Å²) >= 11 is 3.35. The minimum atomic E-state index is -1.01. The van der Waals surface area contributed by atoms with E-state index in [1.54, 1.807) is 6.07 Å². The smallest absolute Gasteiger partial charge is 0.341 e. The number of rotatable bonds is 11. The molecule has 0 radical (unpaired) electrons. The zero-order chi connectivity index (χ0) is 33.9. The fraction of sp³-hybridized carbons (Fsp3) is 0.163. The molecular weight excluding hydrogens is 676 g/mol. The first-order chi connectivity index (χ1) is 23.4. The number of carbonyl (C=O) groups is 2. The van der Waals surface area contributed by atoms with Gasteiger partial charge in [-0.05, 0) is 47.7 Å². The average molecular weight is 718 g/mol.